The van der Waals surface area contributed by atoms with Gasteiger partial charge in [-0.25, -0.2) is 9.13 Å². The quantitative estimate of drug-likeness (QED) is 0.0127. The first-order valence-electron chi connectivity index (χ1n) is 22.4. The summed E-state index contributed by atoms with van der Waals surface area (Å²) in [6.07, 6.45) is 43.1. The van der Waals surface area contributed by atoms with Crippen LogP contribution in [0.2, 0.25) is 0 Å². The summed E-state index contributed by atoms with van der Waals surface area (Å²) in [6.45, 7) is 1.50. The lowest BCUT2D eigenvalue weighted by atomic mass is 10.1. The van der Waals surface area contributed by atoms with Crippen LogP contribution in [0.15, 0.2) is 85.1 Å². The molecule has 0 heterocycles. The number of unbranched alkanes of at least 4 members (excludes halogenated alkanes) is 11. The second-order valence-corrected chi connectivity index (χ2v) is 17.5. The van der Waals surface area contributed by atoms with Crippen molar-refractivity contribution in [2.24, 2.45) is 0 Å². The van der Waals surface area contributed by atoms with Crippen LogP contribution in [-0.2, 0) is 41.8 Å². The van der Waals surface area contributed by atoms with Crippen molar-refractivity contribution in [2.75, 3.05) is 26.4 Å². The van der Waals surface area contributed by atoms with Crippen LogP contribution in [0.4, 0.5) is 0 Å². The van der Waals surface area contributed by atoms with Crippen LogP contribution < -0.4 is 0 Å². The highest BCUT2D eigenvalue weighted by Crippen LogP contribution is 2.43. The predicted molar refractivity (Wildman–Crippen MR) is 245 cm³/mol. The highest BCUT2D eigenvalue weighted by molar-refractivity contribution is 7.47. The zero-order chi connectivity index (χ0) is 46.0. The Morgan fingerprint density at radius 3 is 1.63 bits per heavy atom. The normalized spacial score (nSPS) is 15.3. The van der Waals surface area contributed by atoms with E-state index in [1.54, 1.807) is 18.2 Å². The minimum absolute atomic E-state index is 0.0131. The number of carbonyl (C=O) groups is 2. The molecule has 14 nitrogen and oxygen atoms in total. The van der Waals surface area contributed by atoms with Gasteiger partial charge in [0.25, 0.3) is 0 Å². The Morgan fingerprint density at radius 2 is 1.03 bits per heavy atom. The number of carbonyl (C=O) groups excluding carboxylic acids is 2. The zero-order valence-corrected chi connectivity index (χ0v) is 39.1. The number of allylic oxidation sites excluding steroid dienone is 12. The minimum atomic E-state index is -4.89. The molecular formula is C46H78O14P2. The summed E-state index contributed by atoms with van der Waals surface area (Å²) in [4.78, 5) is 52.7. The Balaban J connectivity index is 4.74. The number of rotatable bonds is 41. The van der Waals surface area contributed by atoms with Gasteiger partial charge in [0.2, 0.25) is 0 Å². The zero-order valence-electron chi connectivity index (χ0n) is 37.3. The monoisotopic (exact) mass is 916 g/mol. The fourth-order valence-corrected chi connectivity index (χ4v) is 6.52. The summed E-state index contributed by atoms with van der Waals surface area (Å²) in [7, 11) is -9.74. The molecule has 0 fully saturated rings. The van der Waals surface area contributed by atoms with Gasteiger partial charge in [-0.3, -0.25) is 23.2 Å². The maximum absolute atomic E-state index is 12.7. The first-order valence-corrected chi connectivity index (χ1v) is 25.4. The van der Waals surface area contributed by atoms with Gasteiger partial charge in [-0.1, -0.05) is 137 Å². The summed E-state index contributed by atoms with van der Waals surface area (Å²) in [6, 6.07) is 0. The number of ether oxygens (including phenoxy) is 2. The maximum atomic E-state index is 12.7. The molecule has 62 heavy (non-hydrogen) atoms. The van der Waals surface area contributed by atoms with Gasteiger partial charge in [-0.15, -0.1) is 0 Å². The van der Waals surface area contributed by atoms with E-state index in [0.717, 1.165) is 57.8 Å². The molecule has 0 bridgehead atoms. The summed E-state index contributed by atoms with van der Waals surface area (Å²) >= 11 is 0. The van der Waals surface area contributed by atoms with Gasteiger partial charge >= 0.3 is 27.6 Å². The van der Waals surface area contributed by atoms with Crippen molar-refractivity contribution >= 4 is 27.6 Å². The third-order valence-electron chi connectivity index (χ3n) is 8.83. The van der Waals surface area contributed by atoms with E-state index < -0.39 is 72.3 Å². The molecule has 0 saturated carbocycles. The van der Waals surface area contributed by atoms with Crippen molar-refractivity contribution < 1.29 is 66.7 Å². The lowest BCUT2D eigenvalue weighted by Gasteiger charge is -2.20. The van der Waals surface area contributed by atoms with Crippen LogP contribution in [0.5, 0.6) is 0 Å². The highest BCUT2D eigenvalue weighted by atomic mass is 31.2. The molecule has 0 aromatic carbocycles. The highest BCUT2D eigenvalue weighted by Gasteiger charge is 2.28. The summed E-state index contributed by atoms with van der Waals surface area (Å²) in [5, 5.41) is 19.9. The first kappa shape index (κ1) is 59.3. The van der Waals surface area contributed by atoms with Gasteiger partial charge in [-0.05, 0) is 83.5 Å². The fourth-order valence-electron chi connectivity index (χ4n) is 5.37. The number of phosphoric acid groups is 2. The third kappa shape index (κ3) is 43.9. The summed E-state index contributed by atoms with van der Waals surface area (Å²) in [5.41, 5.74) is 0. The molecule has 0 aliphatic carbocycles. The second kappa shape index (κ2) is 41.0. The average Bonchev–Trinajstić information content (AvgIpc) is 3.23. The largest absolute Gasteiger partial charge is 0.472 e. The van der Waals surface area contributed by atoms with E-state index in [2.05, 4.69) is 71.5 Å². The topological polar surface area (TPSA) is 216 Å². The number of esters is 2. The molecule has 5 N–H and O–H groups in total. The van der Waals surface area contributed by atoms with Crippen molar-refractivity contribution in [2.45, 2.75) is 167 Å². The summed E-state index contributed by atoms with van der Waals surface area (Å²) in [5.74, 6) is -1.19. The molecule has 0 saturated heterocycles. The molecule has 4 atom stereocenters. The molecule has 0 amide bonds. The molecule has 0 aliphatic rings. The number of hydrogen-bond donors (Lipinski definition) is 5. The molecular weight excluding hydrogens is 838 g/mol. The van der Waals surface area contributed by atoms with Crippen LogP contribution in [0.1, 0.15) is 149 Å². The molecule has 0 rings (SSSR count). The molecule has 0 aromatic rings. The molecule has 16 heteroatoms. The van der Waals surface area contributed by atoms with E-state index in [1.807, 2.05) is 18.2 Å². The Labute approximate surface area is 371 Å². The van der Waals surface area contributed by atoms with Gasteiger partial charge in [0, 0.05) is 12.8 Å². The standard InChI is InChI=1S/C46H78O14P2/c1-3-5-7-9-11-13-14-15-16-17-18-19-20-22-24-28-32-36-45(49)56-40-44(41-59-62(54,55)58-39-43(48)38-57-61(51,52)53)60-46(50)37-33-29-25-27-31-35-42(47)34-30-26-23-21-12-10-8-6-4-2/h11-13,15-16,18-19,21,25-27,30-31,35,42-44,47-48H,3-10,14,17,20,22-24,28-29,32-34,36-41H2,1-2H3,(H,54,55)(H2,51,52,53)/b13-11-,16-15-,19-18-,21-12-,27-25+,30-26-,35-31-/t42?,43-,44+/m0/s1. The number of hydrogen-bond acceptors (Lipinski definition) is 11. The predicted octanol–water partition coefficient (Wildman–Crippen LogP) is 10.5. The van der Waals surface area contributed by atoms with E-state index in [1.165, 1.54) is 38.5 Å². The van der Waals surface area contributed by atoms with Crippen LogP contribution in [0.3, 0.4) is 0 Å². The van der Waals surface area contributed by atoms with Crippen LogP contribution >= 0.6 is 15.6 Å². The summed E-state index contributed by atoms with van der Waals surface area (Å²) < 4.78 is 47.7. The van der Waals surface area contributed by atoms with E-state index >= 15 is 0 Å². The van der Waals surface area contributed by atoms with Crippen LogP contribution in [-0.4, -0.2) is 81.6 Å². The third-order valence-corrected chi connectivity index (χ3v) is 10.3. The van der Waals surface area contributed by atoms with Gasteiger partial charge in [0.05, 0.1) is 25.9 Å². The molecule has 2 unspecified atom stereocenters. The van der Waals surface area contributed by atoms with E-state index in [4.69, 9.17) is 23.8 Å². The molecule has 0 spiro atoms. The van der Waals surface area contributed by atoms with Gasteiger partial charge in [0.15, 0.2) is 6.10 Å². The lowest BCUT2D eigenvalue weighted by molar-refractivity contribution is -0.161. The van der Waals surface area contributed by atoms with Crippen molar-refractivity contribution in [3.63, 3.8) is 0 Å². The van der Waals surface area contributed by atoms with Gasteiger partial charge in [-0.2, -0.15) is 0 Å². The Kier molecular flexibility index (Phi) is 39.2. The number of phosphoric ester groups is 2. The van der Waals surface area contributed by atoms with Gasteiger partial charge in [0.1, 0.15) is 12.7 Å². The van der Waals surface area contributed by atoms with E-state index in [-0.39, 0.29) is 12.8 Å². The Morgan fingerprint density at radius 1 is 0.532 bits per heavy atom. The van der Waals surface area contributed by atoms with Crippen molar-refractivity contribution in [1.29, 1.82) is 0 Å². The Bertz CT molecular complexity index is 1430. The molecule has 0 aromatic heterocycles. The van der Waals surface area contributed by atoms with Crippen LogP contribution in [0, 0.1) is 0 Å². The van der Waals surface area contributed by atoms with E-state index in [0.29, 0.717) is 25.7 Å². The smallest absolute Gasteiger partial charge is 0.462 e. The lowest BCUT2D eigenvalue weighted by Crippen LogP contribution is -2.29. The maximum Gasteiger partial charge on any atom is 0.472 e. The van der Waals surface area contributed by atoms with Gasteiger partial charge < -0.3 is 34.4 Å². The molecule has 0 radical (unpaired) electrons. The van der Waals surface area contributed by atoms with Crippen molar-refractivity contribution in [3.8, 4) is 0 Å². The molecule has 356 valence electrons. The second-order valence-electron chi connectivity index (χ2n) is 14.8. The SMILES string of the molecule is CCCCC/C=C\C/C=C\C/C=C\CCCCCCC(=O)OC[C@H](COP(=O)(O)OC[C@@H](O)COP(=O)(O)O)OC(=O)CCC/C=C/C=C\C(O)C/C=C\C/C=C\CCCCC. The van der Waals surface area contributed by atoms with E-state index in [9.17, 15) is 33.8 Å². The average molecular weight is 917 g/mol. The first-order chi connectivity index (χ1) is 29.8. The molecule has 0 aliphatic heterocycles. The van der Waals surface area contributed by atoms with Crippen molar-refractivity contribution in [1.82, 2.24) is 0 Å². The van der Waals surface area contributed by atoms with Crippen molar-refractivity contribution in [3.05, 3.63) is 85.1 Å². The fraction of sp³-hybridized carbons (Fsp3) is 0.652. The number of aliphatic hydroxyl groups excluding tert-OH is 2. The Hall–Kier alpha value is -2.74. The minimum Gasteiger partial charge on any atom is -0.462 e. The number of aliphatic hydroxyl groups is 2. The van der Waals surface area contributed by atoms with Crippen LogP contribution in [0.25, 0.3) is 0 Å².